The second-order valence-electron chi connectivity index (χ2n) is 7.14. The van der Waals surface area contributed by atoms with Crippen LogP contribution in [-0.2, 0) is 10.1 Å². The Morgan fingerprint density at radius 3 is 1.28 bits per heavy atom. The first-order valence-electron chi connectivity index (χ1n) is 10.0. The zero-order valence-electron chi connectivity index (χ0n) is 16.9. The van der Waals surface area contributed by atoms with E-state index in [1.165, 1.54) is 38.5 Å². The summed E-state index contributed by atoms with van der Waals surface area (Å²) in [6, 6.07) is 0. The largest absolute Gasteiger partial charge is 1.00 e. The smallest absolute Gasteiger partial charge is 0.746 e. The first-order valence-corrected chi connectivity index (χ1v) is 11.5. The maximum Gasteiger partial charge on any atom is 1.00 e. The summed E-state index contributed by atoms with van der Waals surface area (Å²) < 4.78 is 34.2. The summed E-state index contributed by atoms with van der Waals surface area (Å²) in [6.07, 6.45) is 15.1. The van der Waals surface area contributed by atoms with Crippen LogP contribution in [0.5, 0.6) is 0 Å². The van der Waals surface area contributed by atoms with Gasteiger partial charge in [-0.15, -0.1) is 0 Å². The van der Waals surface area contributed by atoms with E-state index in [1.807, 2.05) is 0 Å². The van der Waals surface area contributed by atoms with Crippen molar-refractivity contribution in [2.24, 2.45) is 0 Å². The fourth-order valence-corrected chi connectivity index (χ4v) is 3.88. The molecule has 1 atom stereocenters. The van der Waals surface area contributed by atoms with Crippen molar-refractivity contribution in [3.8, 4) is 0 Å². The molecule has 0 rings (SSSR count). The molecule has 0 aromatic rings. The molecule has 0 fully saturated rings. The molecular formula is C19H39KO4S. The summed E-state index contributed by atoms with van der Waals surface area (Å²) in [6.45, 7) is 4.29. The molecule has 146 valence electrons. The van der Waals surface area contributed by atoms with Gasteiger partial charge in [-0.1, -0.05) is 90.9 Å². The molecule has 0 radical (unpaired) electrons. The van der Waals surface area contributed by atoms with E-state index in [9.17, 15) is 18.1 Å². The van der Waals surface area contributed by atoms with Crippen LogP contribution < -0.4 is 51.4 Å². The van der Waals surface area contributed by atoms with Crippen molar-refractivity contribution in [1.29, 1.82) is 0 Å². The van der Waals surface area contributed by atoms with Crippen molar-refractivity contribution in [1.82, 2.24) is 0 Å². The Hall–Kier alpha value is 1.51. The van der Waals surface area contributed by atoms with Crippen molar-refractivity contribution >= 4 is 10.1 Å². The van der Waals surface area contributed by atoms with Crippen molar-refractivity contribution in [3.63, 3.8) is 0 Å². The van der Waals surface area contributed by atoms with Gasteiger partial charge in [-0.2, -0.15) is 0 Å². The van der Waals surface area contributed by atoms with Gasteiger partial charge in [0.15, 0.2) is 4.93 Å². The summed E-state index contributed by atoms with van der Waals surface area (Å²) >= 11 is 0. The fourth-order valence-electron chi connectivity index (χ4n) is 3.09. The minimum atomic E-state index is -4.66. The van der Waals surface area contributed by atoms with Gasteiger partial charge in [0, 0.05) is 0 Å². The molecule has 0 aliphatic rings. The Labute approximate surface area is 199 Å². The molecule has 0 aliphatic heterocycles. The molecule has 0 heterocycles. The fraction of sp³-hybridized carbons (Fsp3) is 1.00. The van der Waals surface area contributed by atoms with E-state index in [4.69, 9.17) is 0 Å². The van der Waals surface area contributed by atoms with Crippen molar-refractivity contribution in [2.75, 3.05) is 0 Å². The third-order valence-corrected chi connectivity index (χ3v) is 6.15. The van der Waals surface area contributed by atoms with Crippen LogP contribution in [0.2, 0.25) is 0 Å². The number of hydrogen-bond donors (Lipinski definition) is 1. The number of rotatable bonds is 17. The molecule has 0 amide bonds. The van der Waals surface area contributed by atoms with Crippen molar-refractivity contribution < 1.29 is 69.5 Å². The van der Waals surface area contributed by atoms with E-state index >= 15 is 0 Å². The maximum atomic E-state index is 11.4. The summed E-state index contributed by atoms with van der Waals surface area (Å²) in [5, 5.41) is 10.3. The number of hydrogen-bond acceptors (Lipinski definition) is 4. The number of aliphatic hydroxyl groups is 1. The summed E-state index contributed by atoms with van der Waals surface area (Å²) in [7, 11) is -4.66. The summed E-state index contributed by atoms with van der Waals surface area (Å²) in [5.41, 5.74) is 0. The standard InChI is InChI=1S/C19H40O4S.K/c1-3-5-7-9-10-11-12-13-14-16-18-19(20,24(21,22)23)17-15-8-6-4-2;/h20H,3-18H2,1-2H3,(H,21,22,23);/q;+1/p-1. The van der Waals surface area contributed by atoms with Crippen LogP contribution in [0.15, 0.2) is 0 Å². The van der Waals surface area contributed by atoms with Crippen molar-refractivity contribution in [2.45, 2.75) is 122 Å². The van der Waals surface area contributed by atoms with Crippen LogP contribution in [0.4, 0.5) is 0 Å². The molecule has 0 saturated heterocycles. The Morgan fingerprint density at radius 2 is 0.960 bits per heavy atom. The van der Waals surface area contributed by atoms with Crippen LogP contribution in [0, 0.1) is 0 Å². The third kappa shape index (κ3) is 15.1. The molecule has 0 spiro atoms. The van der Waals surface area contributed by atoms with Crippen LogP contribution in [0.1, 0.15) is 117 Å². The Bertz CT molecular complexity index is 387. The van der Waals surface area contributed by atoms with Gasteiger partial charge in [0.1, 0.15) is 10.1 Å². The van der Waals surface area contributed by atoms with E-state index in [0.29, 0.717) is 12.8 Å². The van der Waals surface area contributed by atoms with Gasteiger partial charge in [0.05, 0.1) is 0 Å². The second kappa shape index (κ2) is 17.6. The average Bonchev–Trinajstić information content (AvgIpc) is 2.52. The van der Waals surface area contributed by atoms with Crippen LogP contribution in [0.25, 0.3) is 0 Å². The Kier molecular flexibility index (Phi) is 20.2. The molecule has 0 saturated carbocycles. The summed E-state index contributed by atoms with van der Waals surface area (Å²) in [4.78, 5) is -2.05. The molecule has 0 aromatic heterocycles. The first-order chi connectivity index (χ1) is 11.4. The van der Waals surface area contributed by atoms with E-state index in [2.05, 4.69) is 13.8 Å². The zero-order chi connectivity index (χ0) is 18.3. The van der Waals surface area contributed by atoms with E-state index in [-0.39, 0.29) is 64.2 Å². The molecule has 0 aromatic carbocycles. The topological polar surface area (TPSA) is 77.4 Å². The molecule has 6 heteroatoms. The van der Waals surface area contributed by atoms with Gasteiger partial charge < -0.3 is 9.66 Å². The Morgan fingerprint density at radius 1 is 0.680 bits per heavy atom. The predicted octanol–water partition coefficient (Wildman–Crippen LogP) is 2.51. The molecule has 25 heavy (non-hydrogen) atoms. The molecule has 0 aliphatic carbocycles. The average molecular weight is 403 g/mol. The van der Waals surface area contributed by atoms with Gasteiger partial charge in [-0.25, -0.2) is 8.42 Å². The zero-order valence-corrected chi connectivity index (χ0v) is 20.8. The molecule has 1 unspecified atom stereocenters. The normalized spacial score (nSPS) is 14.1. The number of unbranched alkanes of at least 4 members (excludes halogenated alkanes) is 12. The minimum absolute atomic E-state index is 0. The first kappa shape index (κ1) is 28.7. The van der Waals surface area contributed by atoms with E-state index < -0.39 is 15.1 Å². The van der Waals surface area contributed by atoms with Crippen LogP contribution in [-0.4, -0.2) is 23.0 Å². The Balaban J connectivity index is 0. The predicted molar refractivity (Wildman–Crippen MR) is 99.9 cm³/mol. The van der Waals surface area contributed by atoms with Gasteiger partial charge in [0.25, 0.3) is 0 Å². The monoisotopic (exact) mass is 402 g/mol. The van der Waals surface area contributed by atoms with Crippen LogP contribution >= 0.6 is 0 Å². The third-order valence-electron chi connectivity index (χ3n) is 4.81. The molecular weight excluding hydrogens is 363 g/mol. The maximum absolute atomic E-state index is 11.4. The minimum Gasteiger partial charge on any atom is -0.746 e. The van der Waals surface area contributed by atoms with Gasteiger partial charge >= 0.3 is 51.4 Å². The quantitative estimate of drug-likeness (QED) is 0.230. The SMILES string of the molecule is CCCCCCCCCCCCC(O)(CCCCCC)S(=O)(=O)[O-].[K+]. The van der Waals surface area contributed by atoms with E-state index in [1.54, 1.807) is 0 Å². The summed E-state index contributed by atoms with van der Waals surface area (Å²) in [5.74, 6) is 0. The van der Waals surface area contributed by atoms with E-state index in [0.717, 1.165) is 38.5 Å². The second-order valence-corrected chi connectivity index (χ2v) is 8.81. The van der Waals surface area contributed by atoms with Crippen molar-refractivity contribution in [3.05, 3.63) is 0 Å². The molecule has 1 N–H and O–H groups in total. The van der Waals surface area contributed by atoms with Crippen LogP contribution in [0.3, 0.4) is 0 Å². The molecule has 4 nitrogen and oxygen atoms in total. The van der Waals surface area contributed by atoms with Gasteiger partial charge in [0.2, 0.25) is 0 Å². The van der Waals surface area contributed by atoms with Gasteiger partial charge in [-0.05, 0) is 25.7 Å². The molecule has 0 bridgehead atoms. The van der Waals surface area contributed by atoms with Gasteiger partial charge in [-0.3, -0.25) is 0 Å².